The van der Waals surface area contributed by atoms with Crippen LogP contribution in [0.2, 0.25) is 0 Å². The fourth-order valence-electron chi connectivity index (χ4n) is 4.43. The second-order valence-corrected chi connectivity index (χ2v) is 7.94. The van der Waals surface area contributed by atoms with Crippen molar-refractivity contribution in [2.45, 2.75) is 25.9 Å². The van der Waals surface area contributed by atoms with Gasteiger partial charge in [0.1, 0.15) is 11.5 Å². The van der Waals surface area contributed by atoms with E-state index in [-0.39, 0.29) is 5.11 Å². The van der Waals surface area contributed by atoms with E-state index in [1.165, 1.54) is 0 Å². The number of hydrogen-bond acceptors (Lipinski definition) is 6. The number of urea groups is 1. The molecule has 0 bridgehead atoms. The number of amides is 4. The van der Waals surface area contributed by atoms with Crippen molar-refractivity contribution >= 4 is 35.2 Å². The molecule has 172 valence electrons. The van der Waals surface area contributed by atoms with Crippen LogP contribution >= 0.6 is 12.2 Å². The van der Waals surface area contributed by atoms with Crippen molar-refractivity contribution < 1.29 is 23.9 Å². The van der Waals surface area contributed by atoms with Crippen LogP contribution in [0.1, 0.15) is 37.1 Å². The lowest BCUT2D eigenvalue weighted by atomic mass is 9.65. The fourth-order valence-corrected chi connectivity index (χ4v) is 4.66. The van der Waals surface area contributed by atoms with Gasteiger partial charge in [0.2, 0.25) is 11.8 Å². The number of benzene rings is 2. The third-order valence-electron chi connectivity index (χ3n) is 5.73. The third-order valence-corrected chi connectivity index (χ3v) is 5.96. The molecule has 2 aliphatic heterocycles. The Morgan fingerprint density at radius 3 is 1.64 bits per heavy atom. The molecule has 4 amide bonds. The van der Waals surface area contributed by atoms with Gasteiger partial charge in [-0.1, -0.05) is 36.4 Å². The van der Waals surface area contributed by atoms with E-state index in [4.69, 9.17) is 21.7 Å². The fraction of sp³-hybridized carbons (Fsp3) is 0.304. The zero-order chi connectivity index (χ0) is 23.6. The zero-order valence-corrected chi connectivity index (χ0v) is 19.0. The Kier molecular flexibility index (Phi) is 6.19. The topological polar surface area (TPSA) is 118 Å². The molecule has 2 saturated heterocycles. The number of ether oxygens (including phenoxy) is 2. The van der Waals surface area contributed by atoms with E-state index < -0.39 is 35.3 Å². The Hall–Kier alpha value is -3.66. The molecule has 2 aliphatic rings. The number of imide groups is 2. The van der Waals surface area contributed by atoms with Crippen LogP contribution in [-0.4, -0.2) is 36.2 Å². The predicted octanol–water partition coefficient (Wildman–Crippen LogP) is 2.10. The number of carbonyl (C=O) groups excluding carboxylic acids is 3. The van der Waals surface area contributed by atoms with Gasteiger partial charge in [-0.25, -0.2) is 4.79 Å². The van der Waals surface area contributed by atoms with Crippen LogP contribution in [0.15, 0.2) is 48.5 Å². The second kappa shape index (κ2) is 9.07. The molecule has 1 spiro atoms. The van der Waals surface area contributed by atoms with Crippen LogP contribution < -0.4 is 30.7 Å². The van der Waals surface area contributed by atoms with E-state index in [9.17, 15) is 14.4 Å². The molecule has 0 saturated carbocycles. The summed E-state index contributed by atoms with van der Waals surface area (Å²) in [4.78, 5) is 39.2. The molecule has 0 aromatic heterocycles. The predicted molar refractivity (Wildman–Crippen MR) is 124 cm³/mol. The first-order valence-electron chi connectivity index (χ1n) is 10.6. The lowest BCUT2D eigenvalue weighted by molar-refractivity contribution is -0.149. The van der Waals surface area contributed by atoms with E-state index in [1.54, 1.807) is 48.5 Å². The SMILES string of the molecule is CCOc1ccccc1[C@@H]1NC(=S)N[C@@H](c2ccccc2OCC)C12C(=O)NC(=O)NC2=O. The van der Waals surface area contributed by atoms with Gasteiger partial charge in [-0.2, -0.15) is 0 Å². The second-order valence-electron chi connectivity index (χ2n) is 7.53. The highest BCUT2D eigenvalue weighted by atomic mass is 32.1. The molecular weight excluding hydrogens is 444 g/mol. The number of carbonyl (C=O) groups is 3. The number of thiocarbonyl (C=S) groups is 1. The van der Waals surface area contributed by atoms with Crippen molar-refractivity contribution in [2.24, 2.45) is 5.41 Å². The summed E-state index contributed by atoms with van der Waals surface area (Å²) < 4.78 is 11.6. The maximum absolute atomic E-state index is 13.6. The standard InChI is InChI=1S/C23H24N4O5S/c1-3-31-15-11-7-5-9-13(15)17-23(19(28)26-21(30)27-20(23)29)18(25-22(33)24-17)14-10-6-8-12-16(14)32-4-2/h5-12,17-18H,3-4H2,1-2H3,(H2,24,25,33)(H2,26,27,28,29,30)/t17-,18-/m0/s1. The average Bonchev–Trinajstić information content (AvgIpc) is 2.79. The molecule has 2 heterocycles. The first-order valence-corrected chi connectivity index (χ1v) is 11.0. The van der Waals surface area contributed by atoms with Gasteiger partial charge in [0.15, 0.2) is 10.5 Å². The van der Waals surface area contributed by atoms with Crippen LogP contribution in [0, 0.1) is 5.41 Å². The lowest BCUT2D eigenvalue weighted by Gasteiger charge is -2.49. The summed E-state index contributed by atoms with van der Waals surface area (Å²) in [6, 6.07) is 11.4. The van der Waals surface area contributed by atoms with E-state index >= 15 is 0 Å². The van der Waals surface area contributed by atoms with E-state index in [0.717, 1.165) is 0 Å². The molecule has 2 atom stereocenters. The highest BCUT2D eigenvalue weighted by molar-refractivity contribution is 7.80. The van der Waals surface area contributed by atoms with Crippen molar-refractivity contribution in [2.75, 3.05) is 13.2 Å². The van der Waals surface area contributed by atoms with Crippen LogP contribution in [0.25, 0.3) is 0 Å². The molecule has 33 heavy (non-hydrogen) atoms. The summed E-state index contributed by atoms with van der Waals surface area (Å²) in [5, 5.41) is 11.0. The summed E-state index contributed by atoms with van der Waals surface area (Å²) >= 11 is 5.49. The van der Waals surface area contributed by atoms with Crippen LogP contribution in [0.4, 0.5) is 4.79 Å². The minimum Gasteiger partial charge on any atom is -0.494 e. The molecule has 0 aliphatic carbocycles. The summed E-state index contributed by atoms with van der Waals surface area (Å²) in [6.07, 6.45) is 0. The van der Waals surface area contributed by atoms with Crippen molar-refractivity contribution in [3.8, 4) is 11.5 Å². The van der Waals surface area contributed by atoms with E-state index in [2.05, 4.69) is 21.3 Å². The third kappa shape index (κ3) is 3.76. The van der Waals surface area contributed by atoms with Gasteiger partial charge in [-0.3, -0.25) is 20.2 Å². The Bertz CT molecular complexity index is 1040. The van der Waals surface area contributed by atoms with Gasteiger partial charge < -0.3 is 20.1 Å². The van der Waals surface area contributed by atoms with Gasteiger partial charge in [0, 0.05) is 11.1 Å². The van der Waals surface area contributed by atoms with Crippen molar-refractivity contribution in [1.82, 2.24) is 21.3 Å². The number of hydrogen-bond donors (Lipinski definition) is 4. The van der Waals surface area contributed by atoms with E-state index in [0.29, 0.717) is 35.8 Å². The van der Waals surface area contributed by atoms with Gasteiger partial charge in [0.25, 0.3) is 0 Å². The smallest absolute Gasteiger partial charge is 0.328 e. The lowest BCUT2D eigenvalue weighted by Crippen LogP contribution is -2.73. The normalized spacial score (nSPS) is 21.5. The van der Waals surface area contributed by atoms with Gasteiger partial charge in [-0.15, -0.1) is 0 Å². The zero-order valence-electron chi connectivity index (χ0n) is 18.1. The monoisotopic (exact) mass is 468 g/mol. The Morgan fingerprint density at radius 2 is 1.21 bits per heavy atom. The highest BCUT2D eigenvalue weighted by Gasteiger charge is 2.64. The Morgan fingerprint density at radius 1 is 0.788 bits per heavy atom. The molecule has 2 aromatic rings. The summed E-state index contributed by atoms with van der Waals surface area (Å²) in [5.41, 5.74) is -0.722. The van der Waals surface area contributed by atoms with Crippen LogP contribution in [0.3, 0.4) is 0 Å². The minimum absolute atomic E-state index is 0.241. The van der Waals surface area contributed by atoms with Crippen LogP contribution in [0.5, 0.6) is 11.5 Å². The number of nitrogens with one attached hydrogen (secondary N) is 4. The number of barbiturate groups is 1. The Labute approximate surface area is 196 Å². The maximum atomic E-state index is 13.6. The number of para-hydroxylation sites is 2. The molecule has 0 radical (unpaired) electrons. The van der Waals surface area contributed by atoms with Gasteiger partial charge >= 0.3 is 6.03 Å². The summed E-state index contributed by atoms with van der Waals surface area (Å²) in [7, 11) is 0. The average molecular weight is 469 g/mol. The van der Waals surface area contributed by atoms with Gasteiger partial charge in [0.05, 0.1) is 25.3 Å². The minimum atomic E-state index is -1.84. The summed E-state index contributed by atoms with van der Waals surface area (Å²) in [6.45, 7) is 4.44. The summed E-state index contributed by atoms with van der Waals surface area (Å²) in [5.74, 6) is -0.524. The first kappa shape index (κ1) is 22.5. The molecule has 2 fully saturated rings. The molecule has 0 unspecified atom stereocenters. The van der Waals surface area contributed by atoms with E-state index in [1.807, 2.05) is 13.8 Å². The highest BCUT2D eigenvalue weighted by Crippen LogP contribution is 2.51. The largest absolute Gasteiger partial charge is 0.494 e. The van der Waals surface area contributed by atoms with Crippen molar-refractivity contribution in [1.29, 1.82) is 0 Å². The first-order chi connectivity index (χ1) is 15.9. The molecule has 10 heteroatoms. The maximum Gasteiger partial charge on any atom is 0.328 e. The Balaban J connectivity index is 1.98. The molecular formula is C23H24N4O5S. The quantitative estimate of drug-likeness (QED) is 0.376. The molecule has 4 rings (SSSR count). The molecule has 4 N–H and O–H groups in total. The van der Waals surface area contributed by atoms with Crippen LogP contribution in [-0.2, 0) is 9.59 Å². The molecule has 2 aromatic carbocycles. The van der Waals surface area contributed by atoms with Gasteiger partial charge in [-0.05, 0) is 38.2 Å². The van der Waals surface area contributed by atoms with Crippen molar-refractivity contribution in [3.05, 3.63) is 59.7 Å². The molecule has 9 nitrogen and oxygen atoms in total. The van der Waals surface area contributed by atoms with Crippen molar-refractivity contribution in [3.63, 3.8) is 0 Å². The number of rotatable bonds is 6.